The van der Waals surface area contributed by atoms with Crippen molar-refractivity contribution in [2.75, 3.05) is 0 Å². The van der Waals surface area contributed by atoms with Gasteiger partial charge in [-0.1, -0.05) is 29.9 Å². The maximum atomic E-state index is 6.03. The Balaban J connectivity index is 2.09. The Morgan fingerprint density at radius 1 is 1.71 bits per heavy atom. The van der Waals surface area contributed by atoms with Crippen LogP contribution in [0.3, 0.4) is 0 Å². The summed E-state index contributed by atoms with van der Waals surface area (Å²) in [6.45, 7) is 0.803. The van der Waals surface area contributed by atoms with E-state index in [0.29, 0.717) is 5.16 Å². The van der Waals surface area contributed by atoms with Crippen molar-refractivity contribution in [3.63, 3.8) is 0 Å². The van der Waals surface area contributed by atoms with Gasteiger partial charge in [-0.15, -0.1) is 11.3 Å². The zero-order chi connectivity index (χ0) is 9.97. The van der Waals surface area contributed by atoms with E-state index in [0.717, 1.165) is 6.54 Å². The van der Waals surface area contributed by atoms with E-state index in [4.69, 9.17) is 23.8 Å². The lowest BCUT2D eigenvalue weighted by Crippen LogP contribution is -2.36. The largest absolute Gasteiger partial charge is 0.365 e. The molecule has 0 spiro atoms. The van der Waals surface area contributed by atoms with Crippen molar-refractivity contribution >= 4 is 40.5 Å². The van der Waals surface area contributed by atoms with Gasteiger partial charge in [-0.05, 0) is 11.4 Å². The standard InChI is InChI=1S/C9H9ClN2S2/c10-8-4-11-9(6-13)12(8)5-7-2-1-3-14-7/h1-4,6,9,11H,5H2. The van der Waals surface area contributed by atoms with E-state index in [1.807, 2.05) is 11.0 Å². The Labute approximate surface area is 97.2 Å². The quantitative estimate of drug-likeness (QED) is 0.650. The van der Waals surface area contributed by atoms with Gasteiger partial charge in [0.2, 0.25) is 0 Å². The molecule has 1 aliphatic rings. The van der Waals surface area contributed by atoms with Gasteiger partial charge < -0.3 is 10.2 Å². The fourth-order valence-electron chi connectivity index (χ4n) is 1.32. The first-order valence-electron chi connectivity index (χ1n) is 4.17. The van der Waals surface area contributed by atoms with Crippen LogP contribution >= 0.6 is 35.2 Å². The Bertz CT molecular complexity index is 348. The van der Waals surface area contributed by atoms with Crippen LogP contribution < -0.4 is 5.32 Å². The minimum absolute atomic E-state index is 0.0413. The van der Waals surface area contributed by atoms with Gasteiger partial charge in [0, 0.05) is 16.4 Å². The van der Waals surface area contributed by atoms with Crippen molar-refractivity contribution in [3.8, 4) is 0 Å². The second kappa shape index (κ2) is 4.29. The molecule has 0 aromatic carbocycles. The average Bonchev–Trinajstić information content (AvgIpc) is 2.79. The molecule has 1 unspecified atom stereocenters. The first-order chi connectivity index (χ1) is 6.81. The molecule has 0 radical (unpaired) electrons. The summed E-state index contributed by atoms with van der Waals surface area (Å²) in [5.41, 5.74) is 0. The number of thiocarbonyl (C=S) groups is 1. The molecule has 2 heterocycles. The lowest BCUT2D eigenvalue weighted by Gasteiger charge is -2.23. The minimum atomic E-state index is 0.0413. The molecule has 1 atom stereocenters. The molecule has 14 heavy (non-hydrogen) atoms. The average molecular weight is 245 g/mol. The summed E-state index contributed by atoms with van der Waals surface area (Å²) in [6.07, 6.45) is 1.82. The predicted octanol–water partition coefficient (Wildman–Crippen LogP) is 2.52. The van der Waals surface area contributed by atoms with Crippen LogP contribution in [0, 0.1) is 0 Å². The number of halogens is 1. The number of thiophene rings is 1. The monoisotopic (exact) mass is 244 g/mol. The number of hydrogen-bond donors (Lipinski definition) is 1. The van der Waals surface area contributed by atoms with Gasteiger partial charge in [0.1, 0.15) is 11.3 Å². The molecule has 0 bridgehead atoms. The van der Waals surface area contributed by atoms with Crippen molar-refractivity contribution in [1.82, 2.24) is 10.2 Å². The molecule has 2 rings (SSSR count). The smallest absolute Gasteiger partial charge is 0.130 e. The zero-order valence-corrected chi connectivity index (χ0v) is 9.70. The van der Waals surface area contributed by atoms with Gasteiger partial charge in [-0.25, -0.2) is 0 Å². The molecule has 1 aromatic heterocycles. The summed E-state index contributed by atoms with van der Waals surface area (Å²) in [6, 6.07) is 4.13. The number of hydrogen-bond acceptors (Lipinski definition) is 4. The molecule has 1 N–H and O–H groups in total. The van der Waals surface area contributed by atoms with Gasteiger partial charge in [-0.2, -0.15) is 0 Å². The van der Waals surface area contributed by atoms with Crippen LogP contribution in [-0.2, 0) is 6.54 Å². The normalized spacial score (nSPS) is 20.5. The molecule has 0 aliphatic carbocycles. The van der Waals surface area contributed by atoms with Gasteiger partial charge in [0.15, 0.2) is 0 Å². The maximum absolute atomic E-state index is 6.03. The molecule has 5 heteroatoms. The molecule has 0 saturated heterocycles. The summed E-state index contributed by atoms with van der Waals surface area (Å²) in [5, 5.41) is 7.55. The number of nitrogens with zero attached hydrogens (tertiary/aromatic N) is 1. The summed E-state index contributed by atoms with van der Waals surface area (Å²) in [4.78, 5) is 3.31. The van der Waals surface area contributed by atoms with Crippen molar-refractivity contribution in [2.45, 2.75) is 12.7 Å². The van der Waals surface area contributed by atoms with Crippen molar-refractivity contribution < 1.29 is 0 Å². The summed E-state index contributed by atoms with van der Waals surface area (Å²) in [7, 11) is 0. The third-order valence-electron chi connectivity index (χ3n) is 2.02. The van der Waals surface area contributed by atoms with Gasteiger partial charge in [-0.3, -0.25) is 0 Å². The van der Waals surface area contributed by atoms with Crippen LogP contribution in [0.1, 0.15) is 4.88 Å². The molecule has 0 fully saturated rings. The number of nitrogens with one attached hydrogen (secondary N) is 1. The first kappa shape index (κ1) is 9.96. The van der Waals surface area contributed by atoms with Crippen LogP contribution in [0.5, 0.6) is 0 Å². The van der Waals surface area contributed by atoms with Gasteiger partial charge >= 0.3 is 0 Å². The van der Waals surface area contributed by atoms with E-state index in [1.54, 1.807) is 22.9 Å². The molecule has 1 aromatic rings. The lowest BCUT2D eigenvalue weighted by atomic mass is 10.4. The molecular formula is C9H9ClN2S2. The molecule has 0 saturated carbocycles. The summed E-state index contributed by atoms with van der Waals surface area (Å²) >= 11 is 12.7. The highest BCUT2D eigenvalue weighted by atomic mass is 35.5. The third-order valence-corrected chi connectivity index (χ3v) is 3.46. The first-order valence-corrected chi connectivity index (χ1v) is 5.90. The van der Waals surface area contributed by atoms with Crippen LogP contribution in [0.2, 0.25) is 0 Å². The van der Waals surface area contributed by atoms with E-state index < -0.39 is 0 Å². The third kappa shape index (κ3) is 1.92. The highest BCUT2D eigenvalue weighted by molar-refractivity contribution is 7.79. The SMILES string of the molecule is S=CC1NC=C(Cl)N1Cc1cccs1. The molecule has 0 amide bonds. The van der Waals surface area contributed by atoms with Crippen LogP contribution in [0.15, 0.2) is 28.9 Å². The van der Waals surface area contributed by atoms with Crippen molar-refractivity contribution in [2.24, 2.45) is 0 Å². The zero-order valence-electron chi connectivity index (χ0n) is 7.31. The fourth-order valence-corrected chi connectivity index (χ4v) is 2.47. The Morgan fingerprint density at radius 3 is 3.21 bits per heavy atom. The second-order valence-corrected chi connectivity index (χ2v) is 4.61. The summed E-state index contributed by atoms with van der Waals surface area (Å²) < 4.78 is 0. The van der Waals surface area contributed by atoms with E-state index in [-0.39, 0.29) is 6.17 Å². The number of rotatable bonds is 3. The van der Waals surface area contributed by atoms with Crippen LogP contribution in [0.4, 0.5) is 0 Å². The molecule has 1 aliphatic heterocycles. The summed E-state index contributed by atoms with van der Waals surface area (Å²) in [5.74, 6) is 0. The van der Waals surface area contributed by atoms with E-state index in [9.17, 15) is 0 Å². The predicted molar refractivity (Wildman–Crippen MR) is 64.4 cm³/mol. The van der Waals surface area contributed by atoms with Gasteiger partial charge in [0.05, 0.1) is 6.54 Å². The lowest BCUT2D eigenvalue weighted by molar-refractivity contribution is 0.335. The second-order valence-electron chi connectivity index (χ2n) is 2.92. The molecule has 2 nitrogen and oxygen atoms in total. The highest BCUT2D eigenvalue weighted by Crippen LogP contribution is 2.22. The van der Waals surface area contributed by atoms with Crippen LogP contribution in [0.25, 0.3) is 0 Å². The fraction of sp³-hybridized carbons (Fsp3) is 0.222. The van der Waals surface area contributed by atoms with Crippen molar-refractivity contribution in [1.29, 1.82) is 0 Å². The van der Waals surface area contributed by atoms with E-state index in [2.05, 4.69) is 16.8 Å². The van der Waals surface area contributed by atoms with E-state index in [1.165, 1.54) is 4.88 Å². The Kier molecular flexibility index (Phi) is 3.05. The van der Waals surface area contributed by atoms with E-state index >= 15 is 0 Å². The topological polar surface area (TPSA) is 15.3 Å². The Morgan fingerprint density at radius 2 is 2.57 bits per heavy atom. The van der Waals surface area contributed by atoms with Crippen molar-refractivity contribution in [3.05, 3.63) is 33.7 Å². The maximum Gasteiger partial charge on any atom is 0.130 e. The molecule has 74 valence electrons. The minimum Gasteiger partial charge on any atom is -0.365 e. The molecular weight excluding hydrogens is 236 g/mol. The Hall–Kier alpha value is -0.580. The van der Waals surface area contributed by atoms with Crippen LogP contribution in [-0.4, -0.2) is 16.4 Å². The highest BCUT2D eigenvalue weighted by Gasteiger charge is 2.22. The van der Waals surface area contributed by atoms with Gasteiger partial charge in [0.25, 0.3) is 0 Å².